The average molecular weight is 262 g/mol. The summed E-state index contributed by atoms with van der Waals surface area (Å²) >= 11 is 5.91. The van der Waals surface area contributed by atoms with E-state index in [9.17, 15) is 5.11 Å². The van der Waals surface area contributed by atoms with E-state index in [0.717, 1.165) is 18.4 Å². The molecule has 0 unspecified atom stereocenters. The summed E-state index contributed by atoms with van der Waals surface area (Å²) in [5.74, 6) is 0.246. The zero-order chi connectivity index (χ0) is 11.4. The predicted octanol–water partition coefficient (Wildman–Crippen LogP) is 3.74. The van der Waals surface area contributed by atoms with Crippen LogP contribution in [0.5, 0.6) is 5.75 Å². The molecule has 0 spiro atoms. The van der Waals surface area contributed by atoms with E-state index >= 15 is 0 Å². The van der Waals surface area contributed by atoms with Gasteiger partial charge < -0.3 is 10.8 Å². The van der Waals surface area contributed by atoms with Crippen LogP contribution >= 0.6 is 24.0 Å². The summed E-state index contributed by atoms with van der Waals surface area (Å²) in [5.41, 5.74) is 7.42. The number of allylic oxidation sites excluding steroid dienone is 1. The molecule has 0 fully saturated rings. The molecule has 16 heavy (non-hydrogen) atoms. The quantitative estimate of drug-likeness (QED) is 0.812. The molecule has 0 radical (unpaired) electrons. The first-order valence-electron chi connectivity index (χ1n) is 4.91. The van der Waals surface area contributed by atoms with Crippen LogP contribution in [0.25, 0.3) is 0 Å². The molecule has 1 atom stereocenters. The number of aromatic hydroxyl groups is 1. The molecule has 0 aliphatic heterocycles. The van der Waals surface area contributed by atoms with Gasteiger partial charge in [0, 0.05) is 16.6 Å². The second-order valence-electron chi connectivity index (χ2n) is 3.63. The third kappa shape index (κ3) is 3.71. The number of phenols is 1. The number of halogens is 2. The highest BCUT2D eigenvalue weighted by Gasteiger charge is 2.12. The van der Waals surface area contributed by atoms with Crippen LogP contribution in [-0.2, 0) is 0 Å². The van der Waals surface area contributed by atoms with Gasteiger partial charge in [-0.15, -0.1) is 19.0 Å². The number of benzene rings is 1. The van der Waals surface area contributed by atoms with Gasteiger partial charge in [0.2, 0.25) is 0 Å². The van der Waals surface area contributed by atoms with Crippen LogP contribution < -0.4 is 5.73 Å². The SMILES string of the molecule is C=CCC[C@H](N)c1cc(Cl)cc(C)c1O.Cl. The van der Waals surface area contributed by atoms with Gasteiger partial charge in [-0.1, -0.05) is 17.7 Å². The first kappa shape index (κ1) is 15.3. The van der Waals surface area contributed by atoms with E-state index in [1.807, 2.05) is 13.0 Å². The Bertz CT molecular complexity index is 366. The molecule has 0 saturated heterocycles. The van der Waals surface area contributed by atoms with E-state index in [1.54, 1.807) is 12.1 Å². The zero-order valence-corrected chi connectivity index (χ0v) is 10.8. The van der Waals surface area contributed by atoms with Crippen molar-refractivity contribution in [3.63, 3.8) is 0 Å². The monoisotopic (exact) mass is 261 g/mol. The molecule has 0 heterocycles. The number of nitrogens with two attached hydrogens (primary N) is 1. The number of hydrogen-bond donors (Lipinski definition) is 2. The molecule has 1 aromatic carbocycles. The van der Waals surface area contributed by atoms with Crippen molar-refractivity contribution in [3.05, 3.63) is 40.9 Å². The van der Waals surface area contributed by atoms with Crippen LogP contribution in [0.15, 0.2) is 24.8 Å². The molecular formula is C12H17Cl2NO. The summed E-state index contributed by atoms with van der Waals surface area (Å²) in [6.45, 7) is 5.45. The van der Waals surface area contributed by atoms with Crippen molar-refractivity contribution in [2.75, 3.05) is 0 Å². The lowest BCUT2D eigenvalue weighted by molar-refractivity contribution is 0.455. The van der Waals surface area contributed by atoms with Gasteiger partial charge in [0.1, 0.15) is 5.75 Å². The van der Waals surface area contributed by atoms with Crippen molar-refractivity contribution >= 4 is 24.0 Å². The third-order valence-corrected chi connectivity index (χ3v) is 2.59. The minimum absolute atomic E-state index is 0. The van der Waals surface area contributed by atoms with E-state index in [0.29, 0.717) is 10.6 Å². The van der Waals surface area contributed by atoms with E-state index in [1.165, 1.54) is 0 Å². The molecular weight excluding hydrogens is 245 g/mol. The molecule has 1 aromatic rings. The summed E-state index contributed by atoms with van der Waals surface area (Å²) in [6, 6.07) is 3.25. The van der Waals surface area contributed by atoms with Crippen LogP contribution in [0.4, 0.5) is 0 Å². The molecule has 0 aliphatic rings. The Kier molecular flexibility index (Phi) is 6.49. The van der Waals surface area contributed by atoms with Crippen LogP contribution in [0.3, 0.4) is 0 Å². The Morgan fingerprint density at radius 1 is 1.56 bits per heavy atom. The molecule has 0 amide bonds. The lowest BCUT2D eigenvalue weighted by Crippen LogP contribution is -2.10. The summed E-state index contributed by atoms with van der Waals surface area (Å²) in [7, 11) is 0. The van der Waals surface area contributed by atoms with Crippen LogP contribution in [0.1, 0.15) is 30.0 Å². The van der Waals surface area contributed by atoms with Crippen molar-refractivity contribution in [2.24, 2.45) is 5.73 Å². The lowest BCUT2D eigenvalue weighted by Gasteiger charge is -2.14. The summed E-state index contributed by atoms with van der Waals surface area (Å²) < 4.78 is 0. The van der Waals surface area contributed by atoms with Gasteiger partial charge in [0.15, 0.2) is 0 Å². The first-order valence-corrected chi connectivity index (χ1v) is 5.29. The van der Waals surface area contributed by atoms with Crippen molar-refractivity contribution in [1.29, 1.82) is 0 Å². The van der Waals surface area contributed by atoms with E-state index < -0.39 is 0 Å². The van der Waals surface area contributed by atoms with Crippen LogP contribution in [-0.4, -0.2) is 5.11 Å². The molecule has 0 aromatic heterocycles. The van der Waals surface area contributed by atoms with Crippen molar-refractivity contribution in [3.8, 4) is 5.75 Å². The fourth-order valence-corrected chi connectivity index (χ4v) is 1.78. The fraction of sp³-hybridized carbons (Fsp3) is 0.333. The molecule has 1 rings (SSSR count). The lowest BCUT2D eigenvalue weighted by atomic mass is 9.99. The maximum absolute atomic E-state index is 9.83. The Morgan fingerprint density at radius 3 is 2.75 bits per heavy atom. The topological polar surface area (TPSA) is 46.2 Å². The standard InChI is InChI=1S/C12H16ClNO.ClH/c1-3-4-5-11(14)10-7-9(13)6-8(2)12(10)15;/h3,6-7,11,15H,1,4-5,14H2,2H3;1H/t11-;/m0./s1. The molecule has 4 heteroatoms. The van der Waals surface area contributed by atoms with Crippen molar-refractivity contribution in [2.45, 2.75) is 25.8 Å². The second kappa shape index (κ2) is 6.79. The maximum atomic E-state index is 9.83. The fourth-order valence-electron chi connectivity index (χ4n) is 1.50. The normalized spacial score (nSPS) is 11.7. The molecule has 2 nitrogen and oxygen atoms in total. The highest BCUT2D eigenvalue weighted by molar-refractivity contribution is 6.30. The molecule has 90 valence electrons. The Balaban J connectivity index is 0.00000225. The van der Waals surface area contributed by atoms with Gasteiger partial charge in [-0.25, -0.2) is 0 Å². The number of rotatable bonds is 4. The highest BCUT2D eigenvalue weighted by atomic mass is 35.5. The van der Waals surface area contributed by atoms with Gasteiger partial charge >= 0.3 is 0 Å². The number of hydrogen-bond acceptors (Lipinski definition) is 2. The summed E-state index contributed by atoms with van der Waals surface area (Å²) in [5, 5.41) is 10.4. The molecule has 3 N–H and O–H groups in total. The van der Waals surface area contributed by atoms with Gasteiger partial charge in [0.25, 0.3) is 0 Å². The summed E-state index contributed by atoms with van der Waals surface area (Å²) in [6.07, 6.45) is 3.40. The third-order valence-electron chi connectivity index (χ3n) is 2.38. The highest BCUT2D eigenvalue weighted by Crippen LogP contribution is 2.31. The minimum atomic E-state index is -0.194. The van der Waals surface area contributed by atoms with Crippen LogP contribution in [0, 0.1) is 6.92 Å². The first-order chi connectivity index (χ1) is 7.06. The molecule has 0 bridgehead atoms. The minimum Gasteiger partial charge on any atom is -0.507 e. The summed E-state index contributed by atoms with van der Waals surface area (Å²) in [4.78, 5) is 0. The maximum Gasteiger partial charge on any atom is 0.123 e. The van der Waals surface area contributed by atoms with Crippen LogP contribution in [0.2, 0.25) is 5.02 Å². The number of phenolic OH excluding ortho intramolecular Hbond substituents is 1. The smallest absolute Gasteiger partial charge is 0.123 e. The largest absolute Gasteiger partial charge is 0.507 e. The van der Waals surface area contributed by atoms with Crippen molar-refractivity contribution < 1.29 is 5.11 Å². The average Bonchev–Trinajstić information content (AvgIpc) is 2.19. The van der Waals surface area contributed by atoms with Gasteiger partial charge in [-0.3, -0.25) is 0 Å². The Hall–Kier alpha value is -0.700. The second-order valence-corrected chi connectivity index (χ2v) is 4.07. The zero-order valence-electron chi connectivity index (χ0n) is 9.24. The Labute approximate surface area is 108 Å². The van der Waals surface area contributed by atoms with Gasteiger partial charge in [-0.05, 0) is 37.5 Å². The number of aryl methyl sites for hydroxylation is 1. The molecule has 0 aliphatic carbocycles. The van der Waals surface area contributed by atoms with Gasteiger partial charge in [-0.2, -0.15) is 0 Å². The van der Waals surface area contributed by atoms with E-state index in [4.69, 9.17) is 17.3 Å². The van der Waals surface area contributed by atoms with Crippen molar-refractivity contribution in [1.82, 2.24) is 0 Å². The van der Waals surface area contributed by atoms with Gasteiger partial charge in [0.05, 0.1) is 0 Å². The molecule has 0 saturated carbocycles. The van der Waals surface area contributed by atoms with E-state index in [-0.39, 0.29) is 24.2 Å². The van der Waals surface area contributed by atoms with E-state index in [2.05, 4.69) is 6.58 Å². The Morgan fingerprint density at radius 2 is 2.19 bits per heavy atom. The predicted molar refractivity (Wildman–Crippen MR) is 71.5 cm³/mol.